The molecule has 4 rings (SSSR count). The average Bonchev–Trinajstić information content (AvgIpc) is 3.39. The maximum absolute atomic E-state index is 13.8. The Balaban J connectivity index is 1.55. The van der Waals surface area contributed by atoms with Crippen molar-refractivity contribution >= 4 is 29.3 Å². The zero-order valence-electron chi connectivity index (χ0n) is 18.9. The third-order valence-corrected chi connectivity index (χ3v) is 7.70. The molecule has 1 aromatic rings. The maximum atomic E-state index is 13.8. The van der Waals surface area contributed by atoms with Gasteiger partial charge in [-0.25, -0.2) is 0 Å². The minimum atomic E-state index is -1.23. The second-order valence-corrected chi connectivity index (χ2v) is 9.92. The van der Waals surface area contributed by atoms with Gasteiger partial charge >= 0.3 is 0 Å². The molecule has 0 radical (unpaired) electrons. The molecule has 3 fully saturated rings. The summed E-state index contributed by atoms with van der Waals surface area (Å²) in [7, 11) is 1.77. The normalized spacial score (nSPS) is 26.7. The number of carbonyl (C=O) groups excluding carboxylic acids is 3. The van der Waals surface area contributed by atoms with Crippen LogP contribution in [0.25, 0.3) is 0 Å². The minimum absolute atomic E-state index is 0.00260. The Morgan fingerprint density at radius 1 is 1.16 bits per heavy atom. The van der Waals surface area contributed by atoms with E-state index in [1.54, 1.807) is 30.1 Å². The van der Waals surface area contributed by atoms with E-state index in [-0.39, 0.29) is 42.7 Å². The van der Waals surface area contributed by atoms with E-state index in [4.69, 9.17) is 16.3 Å². The number of imide groups is 1. The number of halogens is 1. The first-order chi connectivity index (χ1) is 15.4. The van der Waals surface area contributed by atoms with E-state index >= 15 is 0 Å². The molecule has 174 valence electrons. The molecular weight excluding hydrogens is 428 g/mol. The van der Waals surface area contributed by atoms with Gasteiger partial charge in [-0.2, -0.15) is 0 Å². The zero-order chi connectivity index (χ0) is 22.7. The molecule has 0 N–H and O–H groups in total. The summed E-state index contributed by atoms with van der Waals surface area (Å²) in [4.78, 5) is 43.3. The van der Waals surface area contributed by atoms with Gasteiger partial charge in [-0.1, -0.05) is 42.6 Å². The molecule has 2 saturated heterocycles. The van der Waals surface area contributed by atoms with Crippen molar-refractivity contribution in [3.63, 3.8) is 0 Å². The highest BCUT2D eigenvalue weighted by molar-refractivity contribution is 6.32. The second kappa shape index (κ2) is 9.92. The van der Waals surface area contributed by atoms with Crippen LogP contribution in [-0.4, -0.2) is 59.9 Å². The predicted octanol–water partition coefficient (Wildman–Crippen LogP) is 4.09. The lowest BCUT2D eigenvalue weighted by atomic mass is 9.75. The van der Waals surface area contributed by atoms with E-state index in [0.29, 0.717) is 17.1 Å². The first kappa shape index (κ1) is 23.2. The highest BCUT2D eigenvalue weighted by Crippen LogP contribution is 2.45. The van der Waals surface area contributed by atoms with Crippen LogP contribution in [0.4, 0.5) is 0 Å². The summed E-state index contributed by atoms with van der Waals surface area (Å²) in [6.07, 6.45) is 7.91. The summed E-state index contributed by atoms with van der Waals surface area (Å²) in [5.74, 6) is -0.595. The van der Waals surface area contributed by atoms with Crippen molar-refractivity contribution in [2.45, 2.75) is 81.8 Å². The molecule has 3 aliphatic rings. The standard InChI is InChI=1S/C25H33ClN2O4/c1-27(14-13-19-10-6-7-15-32-19)22(29)16-25(20-11-4-5-12-21(20)26)17-23(30)28(24(25)31)18-8-2-3-9-18/h4-5,11-12,18-19H,2-3,6-10,13-17H2,1H3. The minimum Gasteiger partial charge on any atom is -0.378 e. The number of carbonyl (C=O) groups is 3. The molecule has 2 unspecified atom stereocenters. The van der Waals surface area contributed by atoms with Crippen LogP contribution in [0.15, 0.2) is 24.3 Å². The number of likely N-dealkylation sites (tertiary alicyclic amines) is 1. The van der Waals surface area contributed by atoms with Crippen LogP contribution in [0.2, 0.25) is 5.02 Å². The fraction of sp³-hybridized carbons (Fsp3) is 0.640. The van der Waals surface area contributed by atoms with Crippen LogP contribution in [0.3, 0.4) is 0 Å². The Bertz CT molecular complexity index is 863. The number of benzene rings is 1. The summed E-state index contributed by atoms with van der Waals surface area (Å²) in [6, 6.07) is 7.06. The van der Waals surface area contributed by atoms with E-state index in [0.717, 1.165) is 58.0 Å². The van der Waals surface area contributed by atoms with Gasteiger partial charge in [-0.05, 0) is 50.2 Å². The highest BCUT2D eigenvalue weighted by atomic mass is 35.5. The lowest BCUT2D eigenvalue weighted by Crippen LogP contribution is -2.45. The molecule has 1 aromatic carbocycles. The Morgan fingerprint density at radius 3 is 2.56 bits per heavy atom. The molecule has 32 heavy (non-hydrogen) atoms. The molecule has 2 heterocycles. The van der Waals surface area contributed by atoms with E-state index < -0.39 is 5.41 Å². The lowest BCUT2D eigenvalue weighted by Gasteiger charge is -2.31. The number of amides is 3. The topological polar surface area (TPSA) is 66.9 Å². The first-order valence-corrected chi connectivity index (χ1v) is 12.3. The van der Waals surface area contributed by atoms with Crippen LogP contribution in [0, 0.1) is 0 Å². The molecule has 0 spiro atoms. The number of ether oxygens (including phenoxy) is 1. The molecule has 2 atom stereocenters. The molecule has 2 aliphatic heterocycles. The van der Waals surface area contributed by atoms with Crippen LogP contribution in [0.5, 0.6) is 0 Å². The largest absolute Gasteiger partial charge is 0.378 e. The monoisotopic (exact) mass is 460 g/mol. The Labute approximate surface area is 195 Å². The van der Waals surface area contributed by atoms with E-state index in [1.165, 1.54) is 4.90 Å². The fourth-order valence-corrected chi connectivity index (χ4v) is 5.79. The van der Waals surface area contributed by atoms with Gasteiger partial charge in [-0.15, -0.1) is 0 Å². The summed E-state index contributed by atoms with van der Waals surface area (Å²) in [5, 5.41) is 0.424. The zero-order valence-corrected chi connectivity index (χ0v) is 19.6. The van der Waals surface area contributed by atoms with Crippen molar-refractivity contribution in [3.05, 3.63) is 34.9 Å². The molecular formula is C25H33ClN2O4. The number of hydrogen-bond donors (Lipinski definition) is 0. The van der Waals surface area contributed by atoms with Crippen LogP contribution in [-0.2, 0) is 24.5 Å². The van der Waals surface area contributed by atoms with Crippen molar-refractivity contribution in [1.82, 2.24) is 9.80 Å². The second-order valence-electron chi connectivity index (χ2n) is 9.52. The van der Waals surface area contributed by atoms with Gasteiger partial charge in [0.2, 0.25) is 17.7 Å². The SMILES string of the molecule is CN(CCC1CCCCO1)C(=O)CC1(c2ccccc2Cl)CC(=O)N(C2CCCC2)C1=O. The molecule has 3 amide bonds. The van der Waals surface area contributed by atoms with Gasteiger partial charge in [0, 0.05) is 44.1 Å². The van der Waals surface area contributed by atoms with Crippen molar-refractivity contribution in [2.24, 2.45) is 0 Å². The van der Waals surface area contributed by atoms with E-state index in [1.807, 2.05) is 6.07 Å². The Hall–Kier alpha value is -1.92. The van der Waals surface area contributed by atoms with Gasteiger partial charge in [0.15, 0.2) is 0 Å². The molecule has 0 aromatic heterocycles. The van der Waals surface area contributed by atoms with Gasteiger partial charge < -0.3 is 9.64 Å². The van der Waals surface area contributed by atoms with Crippen molar-refractivity contribution < 1.29 is 19.1 Å². The van der Waals surface area contributed by atoms with E-state index in [2.05, 4.69) is 0 Å². The van der Waals surface area contributed by atoms with Gasteiger partial charge in [0.1, 0.15) is 0 Å². The Kier molecular flexibility index (Phi) is 7.21. The molecule has 1 saturated carbocycles. The smallest absolute Gasteiger partial charge is 0.241 e. The van der Waals surface area contributed by atoms with Gasteiger partial charge in [-0.3, -0.25) is 19.3 Å². The van der Waals surface area contributed by atoms with Gasteiger partial charge in [0.25, 0.3) is 0 Å². The van der Waals surface area contributed by atoms with E-state index in [9.17, 15) is 14.4 Å². The molecule has 6 nitrogen and oxygen atoms in total. The predicted molar refractivity (Wildman–Crippen MR) is 122 cm³/mol. The third-order valence-electron chi connectivity index (χ3n) is 7.37. The molecule has 7 heteroatoms. The van der Waals surface area contributed by atoms with Crippen LogP contribution >= 0.6 is 11.6 Å². The van der Waals surface area contributed by atoms with Crippen LogP contribution in [0.1, 0.15) is 69.8 Å². The average molecular weight is 461 g/mol. The summed E-state index contributed by atoms with van der Waals surface area (Å²) < 4.78 is 5.79. The fourth-order valence-electron chi connectivity index (χ4n) is 5.48. The maximum Gasteiger partial charge on any atom is 0.241 e. The van der Waals surface area contributed by atoms with Crippen molar-refractivity contribution in [2.75, 3.05) is 20.2 Å². The van der Waals surface area contributed by atoms with Crippen LogP contribution < -0.4 is 0 Å². The Morgan fingerprint density at radius 2 is 1.88 bits per heavy atom. The number of hydrogen-bond acceptors (Lipinski definition) is 4. The highest BCUT2D eigenvalue weighted by Gasteiger charge is 2.56. The summed E-state index contributed by atoms with van der Waals surface area (Å²) in [6.45, 7) is 1.35. The number of nitrogens with zero attached hydrogens (tertiary/aromatic N) is 2. The summed E-state index contributed by atoms with van der Waals surface area (Å²) >= 11 is 6.52. The molecule has 0 bridgehead atoms. The summed E-state index contributed by atoms with van der Waals surface area (Å²) in [5.41, 5.74) is -0.650. The van der Waals surface area contributed by atoms with Crippen molar-refractivity contribution in [1.29, 1.82) is 0 Å². The third kappa shape index (κ3) is 4.58. The number of rotatable bonds is 7. The lowest BCUT2D eigenvalue weighted by molar-refractivity contribution is -0.144. The molecule has 1 aliphatic carbocycles. The quantitative estimate of drug-likeness (QED) is 0.575. The first-order valence-electron chi connectivity index (χ1n) is 11.9. The van der Waals surface area contributed by atoms with Crippen molar-refractivity contribution in [3.8, 4) is 0 Å². The van der Waals surface area contributed by atoms with Gasteiger partial charge in [0.05, 0.1) is 11.5 Å².